The monoisotopic (exact) mass is 253 g/mol. The summed E-state index contributed by atoms with van der Waals surface area (Å²) in [6.45, 7) is 0.482. The molecule has 1 atom stereocenters. The van der Waals surface area contributed by atoms with Crippen molar-refractivity contribution in [2.24, 2.45) is 5.92 Å². The third-order valence-electron chi connectivity index (χ3n) is 3.44. The van der Waals surface area contributed by atoms with Gasteiger partial charge in [-0.2, -0.15) is 0 Å². The summed E-state index contributed by atoms with van der Waals surface area (Å²) in [5.41, 5.74) is 2.09. The molecule has 3 heteroatoms. The van der Waals surface area contributed by atoms with Gasteiger partial charge >= 0.3 is 0 Å². The maximum atomic E-state index is 12.3. The standard InChI is InChI=1S/C16H15NO2/c18-15(8-12-4-3-7-17-10-12)14-9-13-5-1-2-6-16(13)19-11-14/h1-7,10,14H,8-9,11H2. The van der Waals surface area contributed by atoms with Crippen LogP contribution in [0.2, 0.25) is 0 Å². The summed E-state index contributed by atoms with van der Waals surface area (Å²) in [5.74, 6) is 1.09. The van der Waals surface area contributed by atoms with E-state index in [1.165, 1.54) is 0 Å². The number of ether oxygens (including phenoxy) is 1. The minimum Gasteiger partial charge on any atom is -0.493 e. The molecule has 0 bridgehead atoms. The molecule has 0 saturated heterocycles. The largest absolute Gasteiger partial charge is 0.493 e. The molecule has 3 nitrogen and oxygen atoms in total. The van der Waals surface area contributed by atoms with E-state index in [0.29, 0.717) is 13.0 Å². The smallest absolute Gasteiger partial charge is 0.144 e. The number of carbonyl (C=O) groups excluding carboxylic acids is 1. The van der Waals surface area contributed by atoms with E-state index < -0.39 is 0 Å². The fraction of sp³-hybridized carbons (Fsp3) is 0.250. The third-order valence-corrected chi connectivity index (χ3v) is 3.44. The molecule has 19 heavy (non-hydrogen) atoms. The normalized spacial score (nSPS) is 17.4. The van der Waals surface area contributed by atoms with Gasteiger partial charge in [0.15, 0.2) is 0 Å². The summed E-state index contributed by atoms with van der Waals surface area (Å²) in [6.07, 6.45) is 4.67. The number of pyridine rings is 1. The first-order valence-electron chi connectivity index (χ1n) is 6.45. The van der Waals surface area contributed by atoms with E-state index in [1.54, 1.807) is 12.4 Å². The van der Waals surface area contributed by atoms with Crippen molar-refractivity contribution in [1.82, 2.24) is 4.98 Å². The molecular formula is C16H15NO2. The summed E-state index contributed by atoms with van der Waals surface area (Å²) in [4.78, 5) is 16.3. The molecule has 2 aromatic rings. The summed E-state index contributed by atoms with van der Waals surface area (Å²) in [7, 11) is 0. The quantitative estimate of drug-likeness (QED) is 0.843. The highest BCUT2D eigenvalue weighted by atomic mass is 16.5. The Bertz CT molecular complexity index is 580. The molecule has 1 aromatic carbocycles. The number of benzene rings is 1. The van der Waals surface area contributed by atoms with E-state index in [0.717, 1.165) is 23.3 Å². The first-order valence-corrected chi connectivity index (χ1v) is 6.45. The van der Waals surface area contributed by atoms with Gasteiger partial charge in [-0.15, -0.1) is 0 Å². The zero-order valence-corrected chi connectivity index (χ0v) is 10.6. The molecule has 0 amide bonds. The van der Waals surface area contributed by atoms with Crippen molar-refractivity contribution in [3.05, 3.63) is 59.9 Å². The van der Waals surface area contributed by atoms with Crippen LogP contribution in [0, 0.1) is 5.92 Å². The Morgan fingerprint density at radius 2 is 2.16 bits per heavy atom. The zero-order valence-electron chi connectivity index (χ0n) is 10.6. The van der Waals surface area contributed by atoms with E-state index in [2.05, 4.69) is 4.98 Å². The van der Waals surface area contributed by atoms with E-state index in [4.69, 9.17) is 4.74 Å². The molecule has 2 heterocycles. The molecule has 0 aliphatic carbocycles. The van der Waals surface area contributed by atoms with Crippen LogP contribution in [-0.4, -0.2) is 17.4 Å². The summed E-state index contributed by atoms with van der Waals surface area (Å²) in [5, 5.41) is 0. The highest BCUT2D eigenvalue weighted by Gasteiger charge is 2.25. The predicted molar refractivity (Wildman–Crippen MR) is 72.1 cm³/mol. The van der Waals surface area contributed by atoms with Gasteiger partial charge in [0.25, 0.3) is 0 Å². The third kappa shape index (κ3) is 2.65. The van der Waals surface area contributed by atoms with Crippen molar-refractivity contribution >= 4 is 5.78 Å². The molecule has 1 aliphatic heterocycles. The summed E-state index contributed by atoms with van der Waals surface area (Å²) in [6, 6.07) is 11.7. The number of fused-ring (bicyclic) bond motifs is 1. The lowest BCUT2D eigenvalue weighted by Crippen LogP contribution is -2.29. The van der Waals surface area contributed by atoms with Crippen molar-refractivity contribution < 1.29 is 9.53 Å². The van der Waals surface area contributed by atoms with Gasteiger partial charge in [0.2, 0.25) is 0 Å². The number of ketones is 1. The summed E-state index contributed by atoms with van der Waals surface area (Å²) >= 11 is 0. The lowest BCUT2D eigenvalue weighted by Gasteiger charge is -2.24. The van der Waals surface area contributed by atoms with E-state index >= 15 is 0 Å². The van der Waals surface area contributed by atoms with E-state index in [-0.39, 0.29) is 11.7 Å². The number of aromatic nitrogens is 1. The molecule has 0 fully saturated rings. The molecule has 0 N–H and O–H groups in total. The van der Waals surface area contributed by atoms with E-state index in [9.17, 15) is 4.79 Å². The van der Waals surface area contributed by atoms with E-state index in [1.807, 2.05) is 36.4 Å². The van der Waals surface area contributed by atoms with Crippen LogP contribution in [0.3, 0.4) is 0 Å². The van der Waals surface area contributed by atoms with Crippen molar-refractivity contribution in [2.45, 2.75) is 12.8 Å². The van der Waals surface area contributed by atoms with Crippen LogP contribution < -0.4 is 4.74 Å². The van der Waals surface area contributed by atoms with Gasteiger partial charge < -0.3 is 4.74 Å². The fourth-order valence-electron chi connectivity index (χ4n) is 2.38. The molecule has 0 spiro atoms. The van der Waals surface area contributed by atoms with Crippen LogP contribution in [0.5, 0.6) is 5.75 Å². The second-order valence-corrected chi connectivity index (χ2v) is 4.82. The van der Waals surface area contributed by atoms with Crippen LogP contribution in [0.25, 0.3) is 0 Å². The molecule has 96 valence electrons. The average Bonchev–Trinajstić information content (AvgIpc) is 2.48. The number of para-hydroxylation sites is 1. The minimum absolute atomic E-state index is 0.0462. The van der Waals surface area contributed by atoms with Gasteiger partial charge in [0.1, 0.15) is 11.5 Å². The second kappa shape index (κ2) is 5.22. The first kappa shape index (κ1) is 11.9. The Kier molecular flexibility index (Phi) is 3.27. The second-order valence-electron chi connectivity index (χ2n) is 4.82. The number of rotatable bonds is 3. The number of carbonyl (C=O) groups is 1. The maximum Gasteiger partial charge on any atom is 0.144 e. The van der Waals surface area contributed by atoms with Gasteiger partial charge in [0, 0.05) is 18.8 Å². The zero-order chi connectivity index (χ0) is 13.1. The van der Waals surface area contributed by atoms with Crippen LogP contribution in [0.4, 0.5) is 0 Å². The van der Waals surface area contributed by atoms with Crippen molar-refractivity contribution in [3.8, 4) is 5.75 Å². The molecule has 1 aliphatic rings. The first-order chi connectivity index (χ1) is 9.33. The molecule has 1 aromatic heterocycles. The predicted octanol–water partition coefficient (Wildman–Crippen LogP) is 2.44. The van der Waals surface area contributed by atoms with Gasteiger partial charge in [0.05, 0.1) is 12.5 Å². The van der Waals surface area contributed by atoms with Crippen molar-refractivity contribution in [3.63, 3.8) is 0 Å². The number of nitrogens with zero attached hydrogens (tertiary/aromatic N) is 1. The number of Topliss-reactive ketones (excluding diaryl/α,β-unsaturated/α-hetero) is 1. The Morgan fingerprint density at radius 3 is 3.00 bits per heavy atom. The van der Waals surface area contributed by atoms with Crippen LogP contribution in [0.15, 0.2) is 48.8 Å². The van der Waals surface area contributed by atoms with Crippen molar-refractivity contribution in [1.29, 1.82) is 0 Å². The highest BCUT2D eigenvalue weighted by molar-refractivity contribution is 5.84. The Hall–Kier alpha value is -2.16. The lowest BCUT2D eigenvalue weighted by molar-refractivity contribution is -0.123. The SMILES string of the molecule is O=C(Cc1cccnc1)C1COc2ccccc2C1. The number of hydrogen-bond acceptors (Lipinski definition) is 3. The Morgan fingerprint density at radius 1 is 1.26 bits per heavy atom. The van der Waals surface area contributed by atoms with Crippen LogP contribution >= 0.6 is 0 Å². The van der Waals surface area contributed by atoms with Gasteiger partial charge in [-0.25, -0.2) is 0 Å². The topological polar surface area (TPSA) is 39.2 Å². The Balaban J connectivity index is 1.70. The van der Waals surface area contributed by atoms with Gasteiger partial charge in [-0.05, 0) is 29.7 Å². The maximum absolute atomic E-state index is 12.3. The molecule has 0 radical (unpaired) electrons. The molecule has 0 saturated carbocycles. The van der Waals surface area contributed by atoms with Crippen LogP contribution in [-0.2, 0) is 17.6 Å². The summed E-state index contributed by atoms with van der Waals surface area (Å²) < 4.78 is 5.66. The van der Waals surface area contributed by atoms with Crippen molar-refractivity contribution in [2.75, 3.05) is 6.61 Å². The highest BCUT2D eigenvalue weighted by Crippen LogP contribution is 2.27. The molecular weight excluding hydrogens is 238 g/mol. The lowest BCUT2D eigenvalue weighted by atomic mass is 9.90. The van der Waals surface area contributed by atoms with Gasteiger partial charge in [-0.3, -0.25) is 9.78 Å². The number of hydrogen-bond donors (Lipinski definition) is 0. The Labute approximate surface area is 112 Å². The fourth-order valence-corrected chi connectivity index (χ4v) is 2.38. The van der Waals surface area contributed by atoms with Crippen LogP contribution in [0.1, 0.15) is 11.1 Å². The molecule has 1 unspecified atom stereocenters. The van der Waals surface area contributed by atoms with Gasteiger partial charge in [-0.1, -0.05) is 24.3 Å². The minimum atomic E-state index is -0.0462. The average molecular weight is 253 g/mol. The molecule has 3 rings (SSSR count).